The maximum Gasteiger partial charge on any atom is 0.246 e. The predicted octanol–water partition coefficient (Wildman–Crippen LogP) is 7.61. The number of aromatic nitrogens is 5. The number of amides is 1. The Kier molecular flexibility index (Phi) is 8.27. The molecule has 2 aromatic carbocycles. The third-order valence-corrected chi connectivity index (χ3v) is 10.1. The number of hydrogen-bond acceptors (Lipinski definition) is 7. The van der Waals surface area contributed by atoms with Gasteiger partial charge < -0.3 is 18.9 Å². The molecule has 9 nitrogen and oxygen atoms in total. The molecule has 1 aliphatic heterocycles. The average molecular weight is 687 g/mol. The van der Waals surface area contributed by atoms with Crippen LogP contribution in [-0.4, -0.2) is 61.5 Å². The summed E-state index contributed by atoms with van der Waals surface area (Å²) < 4.78 is 62.2. The maximum absolute atomic E-state index is 16.2. The van der Waals surface area contributed by atoms with Crippen molar-refractivity contribution in [3.8, 4) is 39.5 Å². The molecule has 1 aliphatic rings. The van der Waals surface area contributed by atoms with Crippen LogP contribution in [0.1, 0.15) is 31.4 Å². The fourth-order valence-electron chi connectivity index (χ4n) is 6.72. The van der Waals surface area contributed by atoms with Crippen LogP contribution in [0, 0.1) is 24.4 Å². The van der Waals surface area contributed by atoms with Gasteiger partial charge >= 0.3 is 0 Å². The van der Waals surface area contributed by atoms with Crippen LogP contribution in [0.3, 0.4) is 0 Å². The lowest BCUT2D eigenvalue weighted by Gasteiger charge is -2.38. The van der Waals surface area contributed by atoms with Crippen LogP contribution in [0.25, 0.3) is 54.9 Å². The smallest absolute Gasteiger partial charge is 0.246 e. The molecule has 0 aliphatic carbocycles. The summed E-state index contributed by atoms with van der Waals surface area (Å²) in [4.78, 5) is 24.3. The van der Waals surface area contributed by atoms with Crippen LogP contribution in [0.5, 0.6) is 5.75 Å². The minimum absolute atomic E-state index is 0.00660. The molecular formula is C36H33F3N6O3S. The molecule has 0 saturated carbocycles. The van der Waals surface area contributed by atoms with E-state index in [0.717, 1.165) is 40.3 Å². The van der Waals surface area contributed by atoms with Crippen molar-refractivity contribution in [2.24, 2.45) is 7.05 Å². The summed E-state index contributed by atoms with van der Waals surface area (Å²) in [6.07, 6.45) is 1.28. The molecule has 13 heteroatoms. The van der Waals surface area contributed by atoms with E-state index in [1.807, 2.05) is 50.6 Å². The number of imidazole rings is 1. The minimum atomic E-state index is -0.950. The second kappa shape index (κ2) is 12.5. The number of benzene rings is 2. The molecule has 0 fully saturated rings. The van der Waals surface area contributed by atoms with Crippen molar-refractivity contribution in [1.29, 1.82) is 0 Å². The Bertz CT molecular complexity index is 2290. The summed E-state index contributed by atoms with van der Waals surface area (Å²) in [7, 11) is 3.41. The molecule has 1 amide bonds. The third-order valence-electron chi connectivity index (χ3n) is 9.10. The molecule has 0 radical (unpaired) electrons. The van der Waals surface area contributed by atoms with Crippen LogP contribution in [0.4, 0.5) is 13.2 Å². The summed E-state index contributed by atoms with van der Waals surface area (Å²) in [5.41, 5.74) is 3.91. The Morgan fingerprint density at radius 1 is 1.06 bits per heavy atom. The zero-order chi connectivity index (χ0) is 34.7. The molecule has 7 rings (SSSR count). The van der Waals surface area contributed by atoms with Gasteiger partial charge in [-0.2, -0.15) is 5.10 Å². The van der Waals surface area contributed by atoms with E-state index in [1.54, 1.807) is 15.6 Å². The van der Waals surface area contributed by atoms with Gasteiger partial charge in [-0.1, -0.05) is 12.6 Å². The first-order valence-corrected chi connectivity index (χ1v) is 16.6. The van der Waals surface area contributed by atoms with E-state index < -0.39 is 17.5 Å². The van der Waals surface area contributed by atoms with Gasteiger partial charge in [0.2, 0.25) is 5.91 Å². The number of thiophene rings is 1. The lowest BCUT2D eigenvalue weighted by molar-refractivity contribution is -0.131. The maximum atomic E-state index is 16.2. The minimum Gasteiger partial charge on any atom is -0.490 e. The molecule has 2 atom stereocenters. The van der Waals surface area contributed by atoms with Crippen molar-refractivity contribution in [1.82, 2.24) is 29.2 Å². The van der Waals surface area contributed by atoms with Gasteiger partial charge in [-0.25, -0.2) is 23.1 Å². The van der Waals surface area contributed by atoms with Gasteiger partial charge in [-0.05, 0) is 45.0 Å². The highest BCUT2D eigenvalue weighted by atomic mass is 32.1. The zero-order valence-corrected chi connectivity index (χ0v) is 28.4. The number of ether oxygens (including phenoxy) is 2. The standard InChI is InChI=1S/C36H33F3N6O3S/c1-7-30(46)45-18(2)16-44-28(19(45)3)15-26(42-44)35-33(31-23(38)13-22(37)14-29(31)48-11-10-47-6)32-24(39)17-49-36(32)34(41-35)21-8-9-27-25(12-21)40-20(4)43(27)5/h7-9,12-15,17-19H,1,10-11,16H2,2-6H3/t18-,19-/m0/s1. The Morgan fingerprint density at radius 3 is 2.61 bits per heavy atom. The molecule has 49 heavy (non-hydrogen) atoms. The molecule has 5 heterocycles. The van der Waals surface area contributed by atoms with E-state index in [9.17, 15) is 9.18 Å². The fraction of sp³-hybridized carbons (Fsp3) is 0.278. The van der Waals surface area contributed by atoms with E-state index in [2.05, 4.69) is 11.6 Å². The van der Waals surface area contributed by atoms with E-state index >= 15 is 8.78 Å². The van der Waals surface area contributed by atoms with Crippen molar-refractivity contribution in [2.75, 3.05) is 20.3 Å². The van der Waals surface area contributed by atoms with Crippen LogP contribution in [0.2, 0.25) is 0 Å². The number of carbonyl (C=O) groups excluding carboxylic acids is 1. The first-order valence-electron chi connectivity index (χ1n) is 15.7. The highest BCUT2D eigenvalue weighted by Crippen LogP contribution is 2.48. The number of nitrogens with zero attached hydrogens (tertiary/aromatic N) is 6. The molecule has 6 aromatic rings. The largest absolute Gasteiger partial charge is 0.490 e. The molecular weight excluding hydrogens is 653 g/mol. The summed E-state index contributed by atoms with van der Waals surface area (Å²) in [5, 5.41) is 6.34. The van der Waals surface area contributed by atoms with Crippen molar-refractivity contribution < 1.29 is 27.4 Å². The zero-order valence-electron chi connectivity index (χ0n) is 27.6. The SMILES string of the molecule is C=CC(=O)N1[C@@H](C)Cn2nc(-c3nc(-c4ccc5c(c4)nc(C)n5C)c4scc(F)c4c3-c3c(F)cc(F)cc3OCCOC)cc2[C@@H]1C. The van der Waals surface area contributed by atoms with Crippen LogP contribution < -0.4 is 4.74 Å². The third kappa shape index (κ3) is 5.37. The number of aryl methyl sites for hydroxylation is 2. The van der Waals surface area contributed by atoms with Crippen LogP contribution in [0.15, 0.2) is 54.4 Å². The Hall–Kier alpha value is -5.01. The first kappa shape index (κ1) is 32.5. The van der Waals surface area contributed by atoms with E-state index in [0.29, 0.717) is 33.9 Å². The number of carbonyl (C=O) groups is 1. The molecule has 0 N–H and O–H groups in total. The summed E-state index contributed by atoms with van der Waals surface area (Å²) >= 11 is 1.13. The lowest BCUT2D eigenvalue weighted by atomic mass is 9.94. The van der Waals surface area contributed by atoms with Gasteiger partial charge in [0.25, 0.3) is 0 Å². The monoisotopic (exact) mass is 686 g/mol. The van der Waals surface area contributed by atoms with Crippen molar-refractivity contribution in [3.63, 3.8) is 0 Å². The molecule has 0 unspecified atom stereocenters. The molecule has 0 saturated heterocycles. The average Bonchev–Trinajstić information content (AvgIpc) is 3.75. The van der Waals surface area contributed by atoms with Gasteiger partial charge in [0.15, 0.2) is 0 Å². The predicted molar refractivity (Wildman–Crippen MR) is 183 cm³/mol. The highest BCUT2D eigenvalue weighted by Gasteiger charge is 2.35. The number of methoxy groups -OCH3 is 1. The van der Waals surface area contributed by atoms with Gasteiger partial charge in [0.1, 0.15) is 47.0 Å². The van der Waals surface area contributed by atoms with Gasteiger partial charge in [-0.3, -0.25) is 9.48 Å². The number of pyridine rings is 1. The topological polar surface area (TPSA) is 87.3 Å². The van der Waals surface area contributed by atoms with E-state index in [-0.39, 0.29) is 59.2 Å². The Morgan fingerprint density at radius 2 is 1.86 bits per heavy atom. The normalized spacial score (nSPS) is 16.0. The highest BCUT2D eigenvalue weighted by molar-refractivity contribution is 7.17. The van der Waals surface area contributed by atoms with Gasteiger partial charge in [-0.15, -0.1) is 11.3 Å². The fourth-order valence-corrected chi connectivity index (χ4v) is 7.65. The van der Waals surface area contributed by atoms with Gasteiger partial charge in [0, 0.05) is 54.2 Å². The Balaban J connectivity index is 1.54. The van der Waals surface area contributed by atoms with Crippen LogP contribution >= 0.6 is 11.3 Å². The number of halogens is 3. The summed E-state index contributed by atoms with van der Waals surface area (Å²) in [6.45, 7) is 9.91. The van der Waals surface area contributed by atoms with Gasteiger partial charge in [0.05, 0.1) is 51.9 Å². The molecule has 0 bridgehead atoms. The van der Waals surface area contributed by atoms with E-state index in [1.165, 1.54) is 18.6 Å². The first-order chi connectivity index (χ1) is 23.5. The lowest BCUT2D eigenvalue weighted by Crippen LogP contribution is -2.46. The Labute approximate surface area is 284 Å². The quantitative estimate of drug-likeness (QED) is 0.121. The van der Waals surface area contributed by atoms with E-state index in [4.69, 9.17) is 19.6 Å². The number of rotatable bonds is 8. The second-order valence-electron chi connectivity index (χ2n) is 12.1. The summed E-state index contributed by atoms with van der Waals surface area (Å²) in [5.74, 6) is -1.93. The second-order valence-corrected chi connectivity index (χ2v) is 13.0. The molecule has 252 valence electrons. The molecule has 0 spiro atoms. The van der Waals surface area contributed by atoms with Crippen molar-refractivity contribution in [3.05, 3.63) is 83.4 Å². The summed E-state index contributed by atoms with van der Waals surface area (Å²) in [6, 6.07) is 8.72. The molecule has 4 aromatic heterocycles. The number of hydrogen-bond donors (Lipinski definition) is 0. The van der Waals surface area contributed by atoms with Crippen LogP contribution in [-0.2, 0) is 23.1 Å². The number of fused-ring (bicyclic) bond motifs is 3. The van der Waals surface area contributed by atoms with Crippen molar-refractivity contribution >= 4 is 38.4 Å². The van der Waals surface area contributed by atoms with Crippen molar-refractivity contribution in [2.45, 2.75) is 39.4 Å².